The highest BCUT2D eigenvalue weighted by atomic mass is 35.5. The van der Waals surface area contributed by atoms with Gasteiger partial charge in [0, 0.05) is 34.2 Å². The van der Waals surface area contributed by atoms with Crippen LogP contribution in [0.4, 0.5) is 0 Å². The first kappa shape index (κ1) is 10.2. The Morgan fingerprint density at radius 2 is 2.07 bits per heavy atom. The number of halogens is 1. The van der Waals surface area contributed by atoms with Gasteiger partial charge in [0.25, 0.3) is 0 Å². The number of benzene rings is 1. The largest absolute Gasteiger partial charge is 0.347 e. The van der Waals surface area contributed by atoms with Gasteiger partial charge in [-0.05, 0) is 32.0 Å². The van der Waals surface area contributed by atoms with Gasteiger partial charge in [0.2, 0.25) is 0 Å². The van der Waals surface area contributed by atoms with E-state index >= 15 is 0 Å². The maximum atomic E-state index is 11.5. The molecule has 0 bridgehead atoms. The van der Waals surface area contributed by atoms with Crippen LogP contribution in [-0.4, -0.2) is 10.4 Å². The molecule has 3 heteroatoms. The maximum Gasteiger partial charge on any atom is 0.162 e. The third-order valence-corrected chi connectivity index (χ3v) is 3.04. The van der Waals surface area contributed by atoms with Crippen LogP contribution in [0.3, 0.4) is 0 Å². The second kappa shape index (κ2) is 3.38. The summed E-state index contributed by atoms with van der Waals surface area (Å²) in [4.78, 5) is 11.5. The minimum absolute atomic E-state index is 0.0837. The molecule has 0 amide bonds. The number of ketones is 1. The van der Waals surface area contributed by atoms with E-state index in [-0.39, 0.29) is 5.78 Å². The molecule has 0 saturated heterocycles. The number of hydrogen-bond donors (Lipinski definition) is 0. The molecule has 2 rings (SSSR count). The summed E-state index contributed by atoms with van der Waals surface area (Å²) in [5, 5.41) is 1.60. The smallest absolute Gasteiger partial charge is 0.162 e. The molecule has 0 saturated carbocycles. The van der Waals surface area contributed by atoms with E-state index in [2.05, 4.69) is 0 Å². The first-order chi connectivity index (χ1) is 7.02. The van der Waals surface area contributed by atoms with Crippen LogP contribution in [0, 0.1) is 6.92 Å². The standard InChI is InChI=1S/C12H12ClNO/c1-7-12(8(2)15)10-6-9(13)4-5-11(10)14(7)3/h4-6H,1-3H3. The van der Waals surface area contributed by atoms with Crippen LogP contribution in [0.5, 0.6) is 0 Å². The van der Waals surface area contributed by atoms with Crippen molar-refractivity contribution in [3.05, 3.63) is 34.5 Å². The fourth-order valence-electron chi connectivity index (χ4n) is 1.99. The molecule has 0 aliphatic heterocycles. The van der Waals surface area contributed by atoms with Crippen LogP contribution in [0.25, 0.3) is 10.9 Å². The molecule has 1 heterocycles. The molecule has 0 fully saturated rings. The van der Waals surface area contributed by atoms with Crippen LogP contribution >= 0.6 is 11.6 Å². The Labute approximate surface area is 93.5 Å². The number of carbonyl (C=O) groups is 1. The fraction of sp³-hybridized carbons (Fsp3) is 0.250. The van der Waals surface area contributed by atoms with Crippen molar-refractivity contribution in [2.45, 2.75) is 13.8 Å². The lowest BCUT2D eigenvalue weighted by Gasteiger charge is -1.97. The summed E-state index contributed by atoms with van der Waals surface area (Å²) < 4.78 is 2.02. The van der Waals surface area contributed by atoms with Crippen molar-refractivity contribution in [1.29, 1.82) is 0 Å². The topological polar surface area (TPSA) is 22.0 Å². The van der Waals surface area contributed by atoms with Crippen molar-refractivity contribution < 1.29 is 4.79 Å². The fourth-order valence-corrected chi connectivity index (χ4v) is 2.16. The van der Waals surface area contributed by atoms with Gasteiger partial charge in [-0.2, -0.15) is 0 Å². The second-order valence-corrected chi connectivity index (χ2v) is 4.17. The van der Waals surface area contributed by atoms with Crippen LogP contribution in [0.2, 0.25) is 5.02 Å². The van der Waals surface area contributed by atoms with Gasteiger partial charge in [0.05, 0.1) is 0 Å². The van der Waals surface area contributed by atoms with Crippen molar-refractivity contribution in [3.63, 3.8) is 0 Å². The molecular formula is C12H12ClNO. The van der Waals surface area contributed by atoms with Crippen molar-refractivity contribution in [2.75, 3.05) is 0 Å². The van der Waals surface area contributed by atoms with Crippen molar-refractivity contribution in [3.8, 4) is 0 Å². The molecule has 15 heavy (non-hydrogen) atoms. The monoisotopic (exact) mass is 221 g/mol. The molecule has 0 atom stereocenters. The summed E-state index contributed by atoms with van der Waals surface area (Å²) >= 11 is 5.94. The number of Topliss-reactive ketones (excluding diaryl/α,β-unsaturated/α-hetero) is 1. The van der Waals surface area contributed by atoms with E-state index < -0.39 is 0 Å². The molecule has 2 aromatic rings. The second-order valence-electron chi connectivity index (χ2n) is 3.74. The number of rotatable bonds is 1. The number of aryl methyl sites for hydroxylation is 1. The zero-order chi connectivity index (χ0) is 11.2. The molecule has 78 valence electrons. The number of hydrogen-bond acceptors (Lipinski definition) is 1. The Kier molecular flexibility index (Phi) is 2.31. The van der Waals surface area contributed by atoms with E-state index in [0.717, 1.165) is 22.2 Å². The van der Waals surface area contributed by atoms with Crippen LogP contribution in [0.15, 0.2) is 18.2 Å². The molecule has 1 aromatic heterocycles. The van der Waals surface area contributed by atoms with Crippen molar-refractivity contribution >= 4 is 28.3 Å². The number of aromatic nitrogens is 1. The van der Waals surface area contributed by atoms with Crippen LogP contribution in [-0.2, 0) is 7.05 Å². The Morgan fingerprint density at radius 1 is 1.40 bits per heavy atom. The summed E-state index contributed by atoms with van der Waals surface area (Å²) in [6.07, 6.45) is 0. The Morgan fingerprint density at radius 3 is 2.67 bits per heavy atom. The summed E-state index contributed by atoms with van der Waals surface area (Å²) in [5.74, 6) is 0.0837. The lowest BCUT2D eigenvalue weighted by Crippen LogP contribution is -1.96. The van der Waals surface area contributed by atoms with Gasteiger partial charge in [-0.3, -0.25) is 4.79 Å². The van der Waals surface area contributed by atoms with E-state index in [0.29, 0.717) is 5.02 Å². The first-order valence-corrected chi connectivity index (χ1v) is 5.15. The first-order valence-electron chi connectivity index (χ1n) is 4.78. The normalized spacial score (nSPS) is 10.9. The van der Waals surface area contributed by atoms with Gasteiger partial charge in [0.15, 0.2) is 5.78 Å². The van der Waals surface area contributed by atoms with Gasteiger partial charge in [0.1, 0.15) is 0 Å². The van der Waals surface area contributed by atoms with Gasteiger partial charge >= 0.3 is 0 Å². The average molecular weight is 222 g/mol. The van der Waals surface area contributed by atoms with E-state index in [1.807, 2.05) is 36.7 Å². The van der Waals surface area contributed by atoms with Crippen molar-refractivity contribution in [1.82, 2.24) is 4.57 Å². The van der Waals surface area contributed by atoms with Crippen LogP contribution in [0.1, 0.15) is 23.0 Å². The highest BCUT2D eigenvalue weighted by Crippen LogP contribution is 2.27. The number of nitrogens with zero attached hydrogens (tertiary/aromatic N) is 1. The maximum absolute atomic E-state index is 11.5. The highest BCUT2D eigenvalue weighted by molar-refractivity contribution is 6.31. The van der Waals surface area contributed by atoms with E-state index in [4.69, 9.17) is 11.6 Å². The Balaban J connectivity index is 2.95. The third-order valence-electron chi connectivity index (χ3n) is 2.81. The molecule has 0 aliphatic carbocycles. The summed E-state index contributed by atoms with van der Waals surface area (Å²) in [6.45, 7) is 3.54. The average Bonchev–Trinajstić information content (AvgIpc) is 2.39. The van der Waals surface area contributed by atoms with Crippen molar-refractivity contribution in [2.24, 2.45) is 7.05 Å². The lowest BCUT2D eigenvalue weighted by molar-refractivity contribution is 0.101. The molecule has 0 N–H and O–H groups in total. The lowest BCUT2D eigenvalue weighted by atomic mass is 10.1. The van der Waals surface area contributed by atoms with Crippen LogP contribution < -0.4 is 0 Å². The third kappa shape index (κ3) is 1.45. The molecule has 2 nitrogen and oxygen atoms in total. The van der Waals surface area contributed by atoms with Gasteiger partial charge < -0.3 is 4.57 Å². The predicted octanol–water partition coefficient (Wildman–Crippen LogP) is 3.34. The minimum atomic E-state index is 0.0837. The molecular weight excluding hydrogens is 210 g/mol. The van der Waals surface area contributed by atoms with Gasteiger partial charge in [-0.15, -0.1) is 0 Å². The summed E-state index contributed by atoms with van der Waals surface area (Å²) in [5.41, 5.74) is 2.80. The van der Waals surface area contributed by atoms with Gasteiger partial charge in [-0.1, -0.05) is 11.6 Å². The predicted molar refractivity (Wildman–Crippen MR) is 62.7 cm³/mol. The molecule has 0 spiro atoms. The Hall–Kier alpha value is -1.28. The zero-order valence-electron chi connectivity index (χ0n) is 8.97. The minimum Gasteiger partial charge on any atom is -0.347 e. The Bertz CT molecular complexity index is 554. The molecule has 0 unspecified atom stereocenters. The van der Waals surface area contributed by atoms with E-state index in [1.54, 1.807) is 6.92 Å². The van der Waals surface area contributed by atoms with Gasteiger partial charge in [-0.25, -0.2) is 0 Å². The number of carbonyl (C=O) groups excluding carboxylic acids is 1. The quantitative estimate of drug-likeness (QED) is 0.677. The summed E-state index contributed by atoms with van der Waals surface area (Å²) in [6, 6.07) is 5.63. The molecule has 0 radical (unpaired) electrons. The number of fused-ring (bicyclic) bond motifs is 1. The SMILES string of the molecule is CC(=O)c1c(C)n(C)c2ccc(Cl)cc12. The van der Waals surface area contributed by atoms with E-state index in [9.17, 15) is 4.79 Å². The molecule has 0 aliphatic rings. The highest BCUT2D eigenvalue weighted by Gasteiger charge is 2.15. The zero-order valence-corrected chi connectivity index (χ0v) is 9.72. The summed E-state index contributed by atoms with van der Waals surface area (Å²) in [7, 11) is 1.96. The molecule has 1 aromatic carbocycles. The van der Waals surface area contributed by atoms with E-state index in [1.165, 1.54) is 0 Å².